The van der Waals surface area contributed by atoms with Crippen LogP contribution in [0.15, 0.2) is 54.3 Å². The van der Waals surface area contributed by atoms with Gasteiger partial charge in [0.05, 0.1) is 0 Å². The van der Waals surface area contributed by atoms with Crippen molar-refractivity contribution in [3.8, 4) is 0 Å². The number of carbonyl (C=O) groups is 1. The molecule has 0 N–H and O–H groups in total. The van der Waals surface area contributed by atoms with E-state index in [1.165, 1.54) is 0 Å². The highest BCUT2D eigenvalue weighted by Crippen LogP contribution is 2.15. The third kappa shape index (κ3) is 3.23. The van der Waals surface area contributed by atoms with Gasteiger partial charge in [-0.05, 0) is 32.1 Å². The van der Waals surface area contributed by atoms with Crippen molar-refractivity contribution < 1.29 is 4.79 Å². The molecule has 0 saturated carbocycles. The Morgan fingerprint density at radius 1 is 1.11 bits per heavy atom. The summed E-state index contributed by atoms with van der Waals surface area (Å²) in [7, 11) is 3.55. The molecule has 1 aromatic carbocycles. The Bertz CT molecular complexity index is 449. The van der Waals surface area contributed by atoms with Gasteiger partial charge in [-0.3, -0.25) is 9.80 Å². The fraction of sp³-hybridized carbons (Fsp3) is 0.267. The average Bonchev–Trinajstić information content (AvgIpc) is 2.43. The number of para-hydroxylation sites is 1. The van der Waals surface area contributed by atoms with E-state index in [1.54, 1.807) is 23.9 Å². The second-order valence-corrected chi connectivity index (χ2v) is 3.95. The highest BCUT2D eigenvalue weighted by atomic mass is 16.2. The van der Waals surface area contributed by atoms with Gasteiger partial charge in [0, 0.05) is 25.5 Å². The Hall–Kier alpha value is -2.03. The first-order valence-corrected chi connectivity index (χ1v) is 5.97. The van der Waals surface area contributed by atoms with Crippen LogP contribution in [0.1, 0.15) is 13.8 Å². The monoisotopic (exact) mass is 244 g/mol. The maximum atomic E-state index is 12.3. The Morgan fingerprint density at radius 3 is 2.22 bits per heavy atom. The molecule has 0 aliphatic rings. The van der Waals surface area contributed by atoms with E-state index >= 15 is 0 Å². The van der Waals surface area contributed by atoms with Crippen LogP contribution < -0.4 is 4.90 Å². The summed E-state index contributed by atoms with van der Waals surface area (Å²) < 4.78 is 0. The molecule has 0 radical (unpaired) electrons. The van der Waals surface area contributed by atoms with Crippen molar-refractivity contribution in [3.63, 3.8) is 0 Å². The average molecular weight is 244 g/mol. The van der Waals surface area contributed by atoms with Crippen LogP contribution in [-0.2, 0) is 0 Å². The second kappa shape index (κ2) is 6.64. The van der Waals surface area contributed by atoms with E-state index < -0.39 is 0 Å². The van der Waals surface area contributed by atoms with Crippen LogP contribution >= 0.6 is 0 Å². The van der Waals surface area contributed by atoms with Gasteiger partial charge in [-0.2, -0.15) is 0 Å². The minimum Gasteiger partial charge on any atom is -0.297 e. The summed E-state index contributed by atoms with van der Waals surface area (Å²) in [4.78, 5) is 15.6. The predicted octanol–water partition coefficient (Wildman–Crippen LogP) is 3.65. The zero-order valence-electron chi connectivity index (χ0n) is 11.4. The molecule has 1 rings (SSSR count). The number of amides is 2. The number of hydrogen-bond donors (Lipinski definition) is 0. The van der Waals surface area contributed by atoms with Crippen molar-refractivity contribution >= 4 is 11.7 Å². The van der Waals surface area contributed by atoms with Crippen LogP contribution in [-0.4, -0.2) is 25.0 Å². The number of allylic oxidation sites excluding steroid dienone is 3. The molecule has 96 valence electrons. The van der Waals surface area contributed by atoms with E-state index in [9.17, 15) is 4.79 Å². The number of anilines is 1. The van der Waals surface area contributed by atoms with E-state index in [-0.39, 0.29) is 6.03 Å². The molecule has 0 aromatic heterocycles. The van der Waals surface area contributed by atoms with Crippen molar-refractivity contribution in [2.24, 2.45) is 0 Å². The summed E-state index contributed by atoms with van der Waals surface area (Å²) in [5, 5.41) is 0. The van der Waals surface area contributed by atoms with Gasteiger partial charge in [-0.1, -0.05) is 30.4 Å². The summed E-state index contributed by atoms with van der Waals surface area (Å²) in [5.41, 5.74) is 1.76. The Morgan fingerprint density at radius 2 is 1.72 bits per heavy atom. The van der Waals surface area contributed by atoms with Crippen molar-refractivity contribution in [2.45, 2.75) is 13.8 Å². The molecule has 0 saturated heterocycles. The number of hydrogen-bond acceptors (Lipinski definition) is 1. The SMILES string of the molecule is C/C=C\C(=C/C)N(C)C(=O)N(C)c1ccccc1. The van der Waals surface area contributed by atoms with Gasteiger partial charge in [0.1, 0.15) is 0 Å². The third-order valence-electron chi connectivity index (χ3n) is 2.74. The first kappa shape index (κ1) is 14.0. The van der Waals surface area contributed by atoms with Gasteiger partial charge in [-0.15, -0.1) is 0 Å². The number of nitrogens with zero attached hydrogens (tertiary/aromatic N) is 2. The van der Waals surface area contributed by atoms with E-state index in [0.717, 1.165) is 11.4 Å². The Balaban J connectivity index is 2.88. The fourth-order valence-electron chi connectivity index (χ4n) is 1.67. The first-order valence-electron chi connectivity index (χ1n) is 5.97. The summed E-state index contributed by atoms with van der Waals surface area (Å²) in [6, 6.07) is 9.53. The quantitative estimate of drug-likeness (QED) is 0.744. The second-order valence-electron chi connectivity index (χ2n) is 3.95. The van der Waals surface area contributed by atoms with E-state index in [0.29, 0.717) is 0 Å². The maximum Gasteiger partial charge on any atom is 0.328 e. The predicted molar refractivity (Wildman–Crippen MR) is 76.6 cm³/mol. The lowest BCUT2D eigenvalue weighted by Crippen LogP contribution is -2.37. The molecule has 0 fully saturated rings. The van der Waals surface area contributed by atoms with Gasteiger partial charge in [-0.25, -0.2) is 4.79 Å². The first-order chi connectivity index (χ1) is 8.61. The molecule has 3 heteroatoms. The molecular formula is C15H20N2O. The van der Waals surface area contributed by atoms with Crippen LogP contribution in [0.3, 0.4) is 0 Å². The molecule has 0 unspecified atom stereocenters. The number of rotatable bonds is 3. The normalized spacial score (nSPS) is 11.7. The van der Waals surface area contributed by atoms with Crippen molar-refractivity contribution in [3.05, 3.63) is 54.3 Å². The topological polar surface area (TPSA) is 23.6 Å². The number of carbonyl (C=O) groups excluding carboxylic acids is 1. The maximum absolute atomic E-state index is 12.3. The van der Waals surface area contributed by atoms with Crippen LogP contribution in [0.4, 0.5) is 10.5 Å². The lowest BCUT2D eigenvalue weighted by atomic mass is 10.3. The Labute approximate surface area is 109 Å². The van der Waals surface area contributed by atoms with Gasteiger partial charge in [0.25, 0.3) is 0 Å². The number of urea groups is 1. The zero-order valence-corrected chi connectivity index (χ0v) is 11.4. The minimum atomic E-state index is -0.0626. The summed E-state index contributed by atoms with van der Waals surface area (Å²) in [6.07, 6.45) is 5.75. The van der Waals surface area contributed by atoms with Crippen molar-refractivity contribution in [2.75, 3.05) is 19.0 Å². The fourth-order valence-corrected chi connectivity index (χ4v) is 1.67. The van der Waals surface area contributed by atoms with E-state index in [4.69, 9.17) is 0 Å². The zero-order chi connectivity index (χ0) is 13.5. The minimum absolute atomic E-state index is 0.0626. The largest absolute Gasteiger partial charge is 0.328 e. The lowest BCUT2D eigenvalue weighted by Gasteiger charge is -2.25. The molecule has 1 aromatic rings. The van der Waals surface area contributed by atoms with Gasteiger partial charge >= 0.3 is 6.03 Å². The molecular weight excluding hydrogens is 224 g/mol. The summed E-state index contributed by atoms with van der Waals surface area (Å²) in [6.45, 7) is 3.85. The third-order valence-corrected chi connectivity index (χ3v) is 2.74. The highest BCUT2D eigenvalue weighted by Gasteiger charge is 2.16. The molecule has 0 aliphatic carbocycles. The number of benzene rings is 1. The highest BCUT2D eigenvalue weighted by molar-refractivity contribution is 5.92. The van der Waals surface area contributed by atoms with Crippen LogP contribution in [0, 0.1) is 0 Å². The molecule has 18 heavy (non-hydrogen) atoms. The standard InChI is InChI=1S/C15H20N2O/c1-5-10-13(6-2)16(3)15(18)17(4)14-11-8-7-9-12-14/h5-12H,1-4H3/b10-5-,13-6+. The summed E-state index contributed by atoms with van der Waals surface area (Å²) >= 11 is 0. The molecule has 0 bridgehead atoms. The molecule has 0 aliphatic heterocycles. The van der Waals surface area contributed by atoms with Gasteiger partial charge < -0.3 is 0 Å². The molecule has 2 amide bonds. The van der Waals surface area contributed by atoms with Crippen molar-refractivity contribution in [1.82, 2.24) is 4.90 Å². The molecule has 0 heterocycles. The van der Waals surface area contributed by atoms with Crippen LogP contribution in [0.2, 0.25) is 0 Å². The smallest absolute Gasteiger partial charge is 0.297 e. The molecule has 0 atom stereocenters. The van der Waals surface area contributed by atoms with Gasteiger partial charge in [0.15, 0.2) is 0 Å². The molecule has 3 nitrogen and oxygen atoms in total. The molecule has 0 spiro atoms. The van der Waals surface area contributed by atoms with Crippen LogP contribution in [0.25, 0.3) is 0 Å². The van der Waals surface area contributed by atoms with E-state index in [2.05, 4.69) is 0 Å². The van der Waals surface area contributed by atoms with Gasteiger partial charge in [0.2, 0.25) is 0 Å². The van der Waals surface area contributed by atoms with E-state index in [1.807, 2.05) is 62.4 Å². The lowest BCUT2D eigenvalue weighted by molar-refractivity contribution is 0.227. The summed E-state index contributed by atoms with van der Waals surface area (Å²) in [5.74, 6) is 0. The van der Waals surface area contributed by atoms with Crippen molar-refractivity contribution in [1.29, 1.82) is 0 Å². The Kier molecular flexibility index (Phi) is 5.18. The van der Waals surface area contributed by atoms with Crippen LogP contribution in [0.5, 0.6) is 0 Å². The number of likely N-dealkylation sites (N-methyl/N-ethyl adjacent to an activating group) is 1.